The quantitative estimate of drug-likeness (QED) is 0.851. The van der Waals surface area contributed by atoms with Gasteiger partial charge in [-0.2, -0.15) is 0 Å². The van der Waals surface area contributed by atoms with Gasteiger partial charge in [-0.15, -0.1) is 11.3 Å². The highest BCUT2D eigenvalue weighted by molar-refractivity contribution is 7.94. The number of sulfonamides is 1. The molecule has 0 unspecified atom stereocenters. The minimum atomic E-state index is -3.65. The fourth-order valence-corrected chi connectivity index (χ4v) is 3.69. The van der Waals surface area contributed by atoms with Gasteiger partial charge in [-0.3, -0.25) is 4.72 Å². The predicted octanol–water partition coefficient (Wildman–Crippen LogP) is 2.55. The lowest BCUT2D eigenvalue weighted by Gasteiger charge is -2.09. The normalized spacial score (nSPS) is 10.7. The molecule has 1 aromatic heterocycles. The van der Waals surface area contributed by atoms with E-state index in [-0.39, 0.29) is 16.5 Å². The highest BCUT2D eigenvalue weighted by Gasteiger charge is 2.16. The summed E-state index contributed by atoms with van der Waals surface area (Å²) in [6, 6.07) is 7.84. The van der Waals surface area contributed by atoms with Crippen LogP contribution in [0, 0.1) is 11.8 Å². The first-order valence-corrected chi connectivity index (χ1v) is 8.22. The van der Waals surface area contributed by atoms with E-state index >= 15 is 0 Å². The Bertz CT molecular complexity index is 759. The third-order valence-corrected chi connectivity index (χ3v) is 5.29. The van der Waals surface area contributed by atoms with Gasteiger partial charge in [0.05, 0.1) is 5.69 Å². The van der Waals surface area contributed by atoms with Gasteiger partial charge in [0.15, 0.2) is 0 Å². The molecule has 0 saturated carbocycles. The molecular weight excluding hydrogens is 318 g/mol. The van der Waals surface area contributed by atoms with Crippen molar-refractivity contribution in [3.05, 3.63) is 46.3 Å². The van der Waals surface area contributed by atoms with Crippen molar-refractivity contribution in [1.29, 1.82) is 0 Å². The van der Waals surface area contributed by atoms with E-state index < -0.39 is 10.0 Å². The summed E-state index contributed by atoms with van der Waals surface area (Å²) in [6.07, 6.45) is 0. The van der Waals surface area contributed by atoms with E-state index in [9.17, 15) is 8.42 Å². The Balaban J connectivity index is 2.40. The van der Waals surface area contributed by atoms with Crippen molar-refractivity contribution in [3.63, 3.8) is 0 Å². The Morgan fingerprint density at radius 2 is 2.15 bits per heavy atom. The Kier molecular flexibility index (Phi) is 4.68. The van der Waals surface area contributed by atoms with Crippen molar-refractivity contribution in [2.75, 3.05) is 11.3 Å². The molecule has 7 heteroatoms. The summed E-state index contributed by atoms with van der Waals surface area (Å²) in [5, 5.41) is 10.8. The number of rotatable bonds is 3. The molecule has 104 valence electrons. The van der Waals surface area contributed by atoms with E-state index in [0.29, 0.717) is 10.6 Å². The van der Waals surface area contributed by atoms with Crippen LogP contribution in [0.1, 0.15) is 5.56 Å². The van der Waals surface area contributed by atoms with E-state index in [1.54, 1.807) is 23.6 Å². The van der Waals surface area contributed by atoms with Crippen molar-refractivity contribution >= 4 is 38.6 Å². The second kappa shape index (κ2) is 6.29. The summed E-state index contributed by atoms with van der Waals surface area (Å²) < 4.78 is 27.0. The number of halogens is 1. The highest BCUT2D eigenvalue weighted by Crippen LogP contribution is 2.25. The molecule has 0 saturated heterocycles. The van der Waals surface area contributed by atoms with Crippen LogP contribution < -0.4 is 4.72 Å². The molecule has 2 aromatic rings. The van der Waals surface area contributed by atoms with E-state index in [2.05, 4.69) is 16.6 Å². The van der Waals surface area contributed by atoms with E-state index in [1.807, 2.05) is 0 Å². The van der Waals surface area contributed by atoms with E-state index in [1.165, 1.54) is 12.1 Å². The minimum Gasteiger partial charge on any atom is -0.384 e. The van der Waals surface area contributed by atoms with E-state index in [0.717, 1.165) is 11.3 Å². The average molecular weight is 328 g/mol. The fraction of sp³-hybridized carbons (Fsp3) is 0.0769. The smallest absolute Gasteiger partial charge is 0.271 e. The lowest BCUT2D eigenvalue weighted by molar-refractivity contribution is 0.350. The molecule has 2 rings (SSSR count). The standard InChI is InChI=1S/C13H10ClNO3S2/c14-11-6-5-10(3-1-7-16)12(9-11)15-20(17,18)13-4-2-8-19-13/h2,4-6,8-9,15-16H,7H2. The molecule has 0 aliphatic rings. The van der Waals surface area contributed by atoms with Crippen LogP contribution in [0.25, 0.3) is 0 Å². The summed E-state index contributed by atoms with van der Waals surface area (Å²) in [5.74, 6) is 5.15. The van der Waals surface area contributed by atoms with Crippen LogP contribution in [0.2, 0.25) is 5.02 Å². The van der Waals surface area contributed by atoms with Crippen molar-refractivity contribution in [3.8, 4) is 11.8 Å². The molecule has 0 aliphatic heterocycles. The molecule has 1 aromatic carbocycles. The van der Waals surface area contributed by atoms with Crippen LogP contribution in [0.5, 0.6) is 0 Å². The predicted molar refractivity (Wildman–Crippen MR) is 80.5 cm³/mol. The molecule has 4 nitrogen and oxygen atoms in total. The number of nitrogens with one attached hydrogen (secondary N) is 1. The lowest BCUT2D eigenvalue weighted by Crippen LogP contribution is -2.12. The van der Waals surface area contributed by atoms with Crippen molar-refractivity contribution in [2.45, 2.75) is 4.21 Å². The van der Waals surface area contributed by atoms with Crippen LogP contribution in [0.3, 0.4) is 0 Å². The Hall–Kier alpha value is -1.52. The summed E-state index contributed by atoms with van der Waals surface area (Å²) in [6.45, 7) is -0.306. The molecule has 2 N–H and O–H groups in total. The third-order valence-electron chi connectivity index (χ3n) is 2.29. The van der Waals surface area contributed by atoms with Crippen molar-refractivity contribution in [2.24, 2.45) is 0 Å². The van der Waals surface area contributed by atoms with Crippen molar-refractivity contribution in [1.82, 2.24) is 0 Å². The van der Waals surface area contributed by atoms with Gasteiger partial charge < -0.3 is 5.11 Å². The second-order valence-corrected chi connectivity index (χ2v) is 6.98. The third kappa shape index (κ3) is 3.52. The number of thiophene rings is 1. The summed E-state index contributed by atoms with van der Waals surface area (Å²) in [7, 11) is -3.65. The zero-order valence-electron chi connectivity index (χ0n) is 10.1. The minimum absolute atomic E-state index is 0.207. The van der Waals surface area contributed by atoms with Gasteiger partial charge in [0.2, 0.25) is 0 Å². The molecule has 0 aliphatic carbocycles. The number of hydrogen-bond donors (Lipinski definition) is 2. The number of benzene rings is 1. The van der Waals surface area contributed by atoms with Gasteiger partial charge in [0, 0.05) is 10.6 Å². The molecule has 0 spiro atoms. The van der Waals surface area contributed by atoms with Crippen LogP contribution >= 0.6 is 22.9 Å². The maximum atomic E-state index is 12.2. The van der Waals surface area contributed by atoms with Gasteiger partial charge in [0.1, 0.15) is 10.8 Å². The number of aliphatic hydroxyl groups is 1. The Labute approximate surface area is 126 Å². The molecular formula is C13H10ClNO3S2. The van der Waals surface area contributed by atoms with Gasteiger partial charge in [-0.25, -0.2) is 8.42 Å². The Morgan fingerprint density at radius 3 is 2.80 bits per heavy atom. The zero-order chi connectivity index (χ0) is 14.6. The van der Waals surface area contributed by atoms with Gasteiger partial charge in [0.25, 0.3) is 10.0 Å². The first-order valence-electron chi connectivity index (χ1n) is 5.48. The summed E-state index contributed by atoms with van der Waals surface area (Å²) in [5.41, 5.74) is 0.732. The average Bonchev–Trinajstić information content (AvgIpc) is 2.92. The van der Waals surface area contributed by atoms with Crippen LogP contribution in [-0.4, -0.2) is 20.1 Å². The van der Waals surface area contributed by atoms with Gasteiger partial charge in [-0.05, 0) is 29.6 Å². The number of anilines is 1. The second-order valence-electron chi connectivity index (χ2n) is 3.69. The monoisotopic (exact) mass is 327 g/mol. The highest BCUT2D eigenvalue weighted by atomic mass is 35.5. The van der Waals surface area contributed by atoms with Gasteiger partial charge >= 0.3 is 0 Å². The Morgan fingerprint density at radius 1 is 1.35 bits per heavy atom. The molecule has 0 fully saturated rings. The molecule has 0 bridgehead atoms. The SMILES string of the molecule is O=S(=O)(Nc1cc(Cl)ccc1C#CCO)c1cccs1. The molecule has 0 amide bonds. The topological polar surface area (TPSA) is 66.4 Å². The summed E-state index contributed by atoms with van der Waals surface area (Å²) in [4.78, 5) is 0. The van der Waals surface area contributed by atoms with Crippen LogP contribution in [0.15, 0.2) is 39.9 Å². The molecule has 0 atom stereocenters. The largest absolute Gasteiger partial charge is 0.384 e. The first-order chi connectivity index (χ1) is 9.53. The molecule has 20 heavy (non-hydrogen) atoms. The number of hydrogen-bond acceptors (Lipinski definition) is 4. The molecule has 0 radical (unpaired) electrons. The first kappa shape index (κ1) is 14.9. The van der Waals surface area contributed by atoms with E-state index in [4.69, 9.17) is 16.7 Å². The number of aliphatic hydroxyl groups excluding tert-OH is 1. The van der Waals surface area contributed by atoms with Crippen molar-refractivity contribution < 1.29 is 13.5 Å². The lowest BCUT2D eigenvalue weighted by atomic mass is 10.2. The maximum Gasteiger partial charge on any atom is 0.271 e. The maximum absolute atomic E-state index is 12.2. The molecule has 1 heterocycles. The zero-order valence-corrected chi connectivity index (χ0v) is 12.5. The summed E-state index contributed by atoms with van der Waals surface area (Å²) >= 11 is 6.99. The van der Waals surface area contributed by atoms with Crippen LogP contribution in [-0.2, 0) is 10.0 Å². The van der Waals surface area contributed by atoms with Gasteiger partial charge in [-0.1, -0.05) is 29.5 Å². The van der Waals surface area contributed by atoms with Crippen LogP contribution in [0.4, 0.5) is 5.69 Å². The fourth-order valence-electron chi connectivity index (χ4n) is 1.46.